The van der Waals surface area contributed by atoms with Gasteiger partial charge in [0.05, 0.1) is 10.4 Å². The summed E-state index contributed by atoms with van der Waals surface area (Å²) in [5.41, 5.74) is 4.89. The fraction of sp³-hybridized carbons (Fsp3) is 0.462. The SMILES string of the molecule is CCCC[C@@H](C(=O)NC)c1[nH]cc(Br)c(=O)c1C(N)=O. The van der Waals surface area contributed by atoms with Crippen LogP contribution in [0.4, 0.5) is 0 Å². The van der Waals surface area contributed by atoms with Gasteiger partial charge in [0.15, 0.2) is 0 Å². The van der Waals surface area contributed by atoms with Gasteiger partial charge in [-0.1, -0.05) is 19.8 Å². The van der Waals surface area contributed by atoms with E-state index in [0.29, 0.717) is 6.42 Å². The third-order valence-electron chi connectivity index (χ3n) is 3.07. The Morgan fingerprint density at radius 2 is 2.15 bits per heavy atom. The molecule has 0 radical (unpaired) electrons. The first-order chi connectivity index (χ1) is 9.43. The van der Waals surface area contributed by atoms with Crippen LogP contribution in [0.3, 0.4) is 0 Å². The lowest BCUT2D eigenvalue weighted by Crippen LogP contribution is -2.32. The minimum Gasteiger partial charge on any atom is -0.365 e. The van der Waals surface area contributed by atoms with Crippen molar-refractivity contribution in [1.29, 1.82) is 0 Å². The van der Waals surface area contributed by atoms with Gasteiger partial charge in [-0.3, -0.25) is 14.4 Å². The van der Waals surface area contributed by atoms with Crippen molar-refractivity contribution in [2.45, 2.75) is 32.1 Å². The number of amides is 2. The second-order valence-electron chi connectivity index (χ2n) is 4.43. The third-order valence-corrected chi connectivity index (χ3v) is 3.66. The number of hydrogen-bond acceptors (Lipinski definition) is 3. The average molecular weight is 344 g/mol. The number of likely N-dealkylation sites (N-methyl/N-ethyl adjacent to an activating group) is 1. The minimum absolute atomic E-state index is 0.163. The molecule has 4 N–H and O–H groups in total. The van der Waals surface area contributed by atoms with Crippen LogP contribution in [0.1, 0.15) is 48.2 Å². The Morgan fingerprint density at radius 1 is 1.50 bits per heavy atom. The van der Waals surface area contributed by atoms with Crippen molar-refractivity contribution in [3.05, 3.63) is 32.2 Å². The van der Waals surface area contributed by atoms with E-state index < -0.39 is 17.3 Å². The molecule has 1 atom stereocenters. The fourth-order valence-electron chi connectivity index (χ4n) is 2.03. The van der Waals surface area contributed by atoms with Crippen LogP contribution in [-0.4, -0.2) is 23.8 Å². The molecule has 2 amide bonds. The maximum Gasteiger partial charge on any atom is 0.254 e. The largest absolute Gasteiger partial charge is 0.365 e. The molecule has 1 rings (SSSR count). The number of hydrogen-bond donors (Lipinski definition) is 3. The Kier molecular flexibility index (Phi) is 5.94. The highest BCUT2D eigenvalue weighted by molar-refractivity contribution is 9.10. The van der Waals surface area contributed by atoms with Crippen LogP contribution < -0.4 is 16.5 Å². The van der Waals surface area contributed by atoms with E-state index in [9.17, 15) is 14.4 Å². The van der Waals surface area contributed by atoms with Crippen molar-refractivity contribution < 1.29 is 9.59 Å². The average Bonchev–Trinajstić information content (AvgIpc) is 2.42. The predicted molar refractivity (Wildman–Crippen MR) is 79.6 cm³/mol. The fourth-order valence-corrected chi connectivity index (χ4v) is 2.34. The first-order valence-corrected chi connectivity index (χ1v) is 7.15. The van der Waals surface area contributed by atoms with Gasteiger partial charge in [-0.25, -0.2) is 0 Å². The molecule has 0 aliphatic carbocycles. The zero-order chi connectivity index (χ0) is 15.3. The summed E-state index contributed by atoms with van der Waals surface area (Å²) >= 11 is 3.05. The van der Waals surface area contributed by atoms with E-state index in [0.717, 1.165) is 12.8 Å². The predicted octanol–water partition coefficient (Wildman–Crippen LogP) is 1.26. The first kappa shape index (κ1) is 16.4. The number of aromatic amines is 1. The molecular formula is C13H18BrN3O3. The van der Waals surface area contributed by atoms with Crippen LogP contribution >= 0.6 is 15.9 Å². The molecule has 0 aliphatic heterocycles. The summed E-state index contributed by atoms with van der Waals surface area (Å²) in [7, 11) is 1.52. The number of unbranched alkanes of at least 4 members (excludes halogenated alkanes) is 1. The number of carbonyl (C=O) groups is 2. The Hall–Kier alpha value is -1.63. The van der Waals surface area contributed by atoms with Gasteiger partial charge >= 0.3 is 0 Å². The number of H-pyrrole nitrogens is 1. The van der Waals surface area contributed by atoms with E-state index in [1.165, 1.54) is 13.2 Å². The minimum atomic E-state index is -0.840. The number of primary amides is 1. The zero-order valence-corrected chi connectivity index (χ0v) is 13.0. The van der Waals surface area contributed by atoms with Crippen molar-refractivity contribution in [3.63, 3.8) is 0 Å². The second kappa shape index (κ2) is 7.23. The van der Waals surface area contributed by atoms with Gasteiger partial charge in [0.1, 0.15) is 5.56 Å². The lowest BCUT2D eigenvalue weighted by molar-refractivity contribution is -0.122. The van der Waals surface area contributed by atoms with Gasteiger partial charge in [0, 0.05) is 18.9 Å². The molecule has 1 heterocycles. The molecule has 0 spiro atoms. The molecule has 110 valence electrons. The molecule has 0 fully saturated rings. The number of halogens is 1. The van der Waals surface area contributed by atoms with Crippen LogP contribution in [0.5, 0.6) is 0 Å². The molecule has 0 saturated heterocycles. The summed E-state index contributed by atoms with van der Waals surface area (Å²) < 4.78 is 0.209. The van der Waals surface area contributed by atoms with Crippen LogP contribution in [0.15, 0.2) is 15.5 Å². The van der Waals surface area contributed by atoms with Crippen molar-refractivity contribution in [1.82, 2.24) is 10.3 Å². The number of pyridine rings is 1. The zero-order valence-electron chi connectivity index (χ0n) is 11.5. The molecular weight excluding hydrogens is 326 g/mol. The number of nitrogens with one attached hydrogen (secondary N) is 2. The highest BCUT2D eigenvalue weighted by Gasteiger charge is 2.27. The number of nitrogens with two attached hydrogens (primary N) is 1. The molecule has 0 aromatic carbocycles. The van der Waals surface area contributed by atoms with Gasteiger partial charge in [-0.05, 0) is 22.4 Å². The summed E-state index contributed by atoms with van der Waals surface area (Å²) in [6, 6.07) is 0. The standard InChI is InChI=1S/C13H18BrN3O3/c1-3-4-5-7(13(20)16-2)10-9(12(15)19)11(18)8(14)6-17-10/h6-7H,3-5H2,1-2H3,(H2,15,19)(H,16,20)(H,17,18)/t7-/m1/s1. The molecule has 0 saturated carbocycles. The summed E-state index contributed by atoms with van der Waals surface area (Å²) in [6.07, 6.45) is 3.66. The Labute approximate surface area is 125 Å². The molecule has 6 nitrogen and oxygen atoms in total. The number of rotatable bonds is 6. The molecule has 0 aliphatic rings. The maximum absolute atomic E-state index is 12.0. The molecule has 0 bridgehead atoms. The van der Waals surface area contributed by atoms with E-state index >= 15 is 0 Å². The van der Waals surface area contributed by atoms with Crippen molar-refractivity contribution in [3.8, 4) is 0 Å². The molecule has 1 aromatic rings. The van der Waals surface area contributed by atoms with Crippen molar-refractivity contribution in [2.75, 3.05) is 7.05 Å². The van der Waals surface area contributed by atoms with E-state index in [1.54, 1.807) is 0 Å². The highest BCUT2D eigenvalue weighted by atomic mass is 79.9. The van der Waals surface area contributed by atoms with E-state index in [2.05, 4.69) is 26.2 Å². The van der Waals surface area contributed by atoms with Gasteiger partial charge in [-0.2, -0.15) is 0 Å². The van der Waals surface area contributed by atoms with E-state index in [-0.39, 0.29) is 21.6 Å². The van der Waals surface area contributed by atoms with Gasteiger partial charge in [0.25, 0.3) is 5.91 Å². The lowest BCUT2D eigenvalue weighted by Gasteiger charge is -2.17. The smallest absolute Gasteiger partial charge is 0.254 e. The van der Waals surface area contributed by atoms with Crippen LogP contribution in [0.25, 0.3) is 0 Å². The maximum atomic E-state index is 12.0. The molecule has 7 heteroatoms. The van der Waals surface area contributed by atoms with Gasteiger partial charge < -0.3 is 16.0 Å². The van der Waals surface area contributed by atoms with Crippen LogP contribution in [0.2, 0.25) is 0 Å². The monoisotopic (exact) mass is 343 g/mol. The highest BCUT2D eigenvalue weighted by Crippen LogP contribution is 2.23. The van der Waals surface area contributed by atoms with E-state index in [4.69, 9.17) is 5.73 Å². The Morgan fingerprint density at radius 3 is 2.65 bits per heavy atom. The van der Waals surface area contributed by atoms with E-state index in [1.807, 2.05) is 6.92 Å². The molecule has 1 aromatic heterocycles. The van der Waals surface area contributed by atoms with Crippen molar-refractivity contribution in [2.24, 2.45) is 5.73 Å². The van der Waals surface area contributed by atoms with Crippen LogP contribution in [0, 0.1) is 0 Å². The third kappa shape index (κ3) is 3.47. The Balaban J connectivity index is 3.39. The lowest BCUT2D eigenvalue weighted by atomic mass is 9.93. The van der Waals surface area contributed by atoms with Crippen LogP contribution in [-0.2, 0) is 4.79 Å². The topological polar surface area (TPSA) is 105 Å². The summed E-state index contributed by atoms with van der Waals surface area (Å²) in [5.74, 6) is -1.69. The molecule has 0 unspecified atom stereocenters. The first-order valence-electron chi connectivity index (χ1n) is 6.36. The number of aromatic nitrogens is 1. The Bertz CT molecular complexity index is 568. The summed E-state index contributed by atoms with van der Waals surface area (Å²) in [4.78, 5) is 38.4. The second-order valence-corrected chi connectivity index (χ2v) is 5.28. The normalized spacial score (nSPS) is 11.9. The summed E-state index contributed by atoms with van der Waals surface area (Å²) in [5, 5.41) is 2.55. The van der Waals surface area contributed by atoms with Gasteiger partial charge in [0.2, 0.25) is 11.3 Å². The number of carbonyl (C=O) groups excluding carboxylic acids is 2. The van der Waals surface area contributed by atoms with Crippen molar-refractivity contribution >= 4 is 27.7 Å². The van der Waals surface area contributed by atoms with Gasteiger partial charge in [-0.15, -0.1) is 0 Å². The molecule has 20 heavy (non-hydrogen) atoms. The summed E-state index contributed by atoms with van der Waals surface area (Å²) in [6.45, 7) is 2.00. The quantitative estimate of drug-likeness (QED) is 0.723.